The molecule has 0 saturated carbocycles. The fraction of sp³-hybridized carbons (Fsp3) is 0.250. The minimum Gasteiger partial charge on any atom is -0.497 e. The van der Waals surface area contributed by atoms with Crippen molar-refractivity contribution in [2.24, 2.45) is 0 Å². The molecular weight excluding hydrogens is 350 g/mol. The van der Waals surface area contributed by atoms with Gasteiger partial charge in [-0.1, -0.05) is 60.7 Å². The molecule has 0 unspecified atom stereocenters. The molecule has 28 heavy (non-hydrogen) atoms. The van der Waals surface area contributed by atoms with Crippen LogP contribution < -0.4 is 9.47 Å². The second kappa shape index (κ2) is 10.5. The number of hydrogen-bond donors (Lipinski definition) is 1. The number of ether oxygens (including phenoxy) is 2. The summed E-state index contributed by atoms with van der Waals surface area (Å²) < 4.78 is 10.9. The smallest absolute Gasteiger partial charge is 0.119 e. The average molecular weight is 377 g/mol. The number of nitrogens with zero attached hydrogens (tertiary/aromatic N) is 1. The molecular formula is C24H27NO3. The van der Waals surface area contributed by atoms with Gasteiger partial charge in [-0.3, -0.25) is 4.90 Å². The van der Waals surface area contributed by atoms with Crippen LogP contribution in [-0.4, -0.2) is 36.4 Å². The van der Waals surface area contributed by atoms with Crippen LogP contribution in [0, 0.1) is 0 Å². The van der Waals surface area contributed by atoms with Gasteiger partial charge in [0.1, 0.15) is 24.2 Å². The zero-order valence-corrected chi connectivity index (χ0v) is 16.2. The molecule has 0 spiro atoms. The molecule has 0 amide bonds. The number of para-hydroxylation sites is 1. The number of methoxy groups -OCH3 is 1. The Hall–Kier alpha value is -2.82. The number of hydrogen-bond acceptors (Lipinski definition) is 4. The standard InChI is InChI=1S/C24H27NO3/c1-27-23-14-12-21(13-15-23)17-25(16-20-8-4-2-5-9-20)18-22(26)19-28-24-10-6-3-7-11-24/h2-15,22,26H,16-19H2,1H3/t22-/m1/s1. The highest BCUT2D eigenvalue weighted by molar-refractivity contribution is 5.27. The monoisotopic (exact) mass is 377 g/mol. The summed E-state index contributed by atoms with van der Waals surface area (Å²) in [6.45, 7) is 2.28. The maximum Gasteiger partial charge on any atom is 0.119 e. The van der Waals surface area contributed by atoms with E-state index in [1.54, 1.807) is 7.11 Å². The number of aliphatic hydroxyl groups is 1. The van der Waals surface area contributed by atoms with Gasteiger partial charge in [-0.2, -0.15) is 0 Å². The van der Waals surface area contributed by atoms with Crippen molar-refractivity contribution in [1.29, 1.82) is 0 Å². The Morgan fingerprint density at radius 1 is 0.750 bits per heavy atom. The third kappa shape index (κ3) is 6.41. The van der Waals surface area contributed by atoms with Gasteiger partial charge in [-0.25, -0.2) is 0 Å². The lowest BCUT2D eigenvalue weighted by molar-refractivity contribution is 0.0628. The van der Waals surface area contributed by atoms with Gasteiger partial charge in [-0.05, 0) is 35.4 Å². The van der Waals surface area contributed by atoms with Crippen LogP contribution in [-0.2, 0) is 13.1 Å². The van der Waals surface area contributed by atoms with Crippen LogP contribution in [0.2, 0.25) is 0 Å². The highest BCUT2D eigenvalue weighted by atomic mass is 16.5. The summed E-state index contributed by atoms with van der Waals surface area (Å²) >= 11 is 0. The van der Waals surface area contributed by atoms with E-state index in [1.165, 1.54) is 11.1 Å². The van der Waals surface area contributed by atoms with Crippen molar-refractivity contribution >= 4 is 0 Å². The first kappa shape index (κ1) is 19.9. The molecule has 3 aromatic rings. The van der Waals surface area contributed by atoms with Crippen LogP contribution in [0.4, 0.5) is 0 Å². The lowest BCUT2D eigenvalue weighted by atomic mass is 10.1. The fourth-order valence-corrected chi connectivity index (χ4v) is 3.08. The van der Waals surface area contributed by atoms with Crippen molar-refractivity contribution in [3.8, 4) is 11.5 Å². The van der Waals surface area contributed by atoms with E-state index in [0.29, 0.717) is 6.54 Å². The lowest BCUT2D eigenvalue weighted by Crippen LogP contribution is -2.35. The Bertz CT molecular complexity index is 806. The zero-order chi connectivity index (χ0) is 19.6. The van der Waals surface area contributed by atoms with Crippen molar-refractivity contribution in [2.75, 3.05) is 20.3 Å². The molecule has 0 aliphatic rings. The zero-order valence-electron chi connectivity index (χ0n) is 16.2. The average Bonchev–Trinajstić information content (AvgIpc) is 2.74. The van der Waals surface area contributed by atoms with Crippen LogP contribution in [0.1, 0.15) is 11.1 Å². The molecule has 4 nitrogen and oxygen atoms in total. The van der Waals surface area contributed by atoms with Gasteiger partial charge < -0.3 is 14.6 Å². The summed E-state index contributed by atoms with van der Waals surface area (Å²) in [5, 5.41) is 10.5. The first-order valence-electron chi connectivity index (χ1n) is 9.48. The summed E-state index contributed by atoms with van der Waals surface area (Å²) in [5.74, 6) is 1.61. The van der Waals surface area contributed by atoms with Gasteiger partial charge in [-0.15, -0.1) is 0 Å². The molecule has 0 aromatic heterocycles. The molecule has 0 fully saturated rings. The van der Waals surface area contributed by atoms with E-state index in [-0.39, 0.29) is 6.61 Å². The van der Waals surface area contributed by atoms with E-state index in [4.69, 9.17) is 9.47 Å². The van der Waals surface area contributed by atoms with E-state index >= 15 is 0 Å². The highest BCUT2D eigenvalue weighted by Gasteiger charge is 2.14. The van der Waals surface area contributed by atoms with Crippen LogP contribution in [0.15, 0.2) is 84.9 Å². The molecule has 4 heteroatoms. The second-order valence-electron chi connectivity index (χ2n) is 6.78. The molecule has 0 radical (unpaired) electrons. The molecule has 0 saturated heterocycles. The molecule has 1 atom stereocenters. The van der Waals surface area contributed by atoms with Gasteiger partial charge in [0.05, 0.1) is 7.11 Å². The number of rotatable bonds is 10. The van der Waals surface area contributed by atoms with Gasteiger partial charge in [0.2, 0.25) is 0 Å². The summed E-state index contributed by atoms with van der Waals surface area (Å²) in [5.41, 5.74) is 2.39. The van der Waals surface area contributed by atoms with E-state index in [9.17, 15) is 5.11 Å². The van der Waals surface area contributed by atoms with Gasteiger partial charge in [0, 0.05) is 19.6 Å². The largest absolute Gasteiger partial charge is 0.497 e. The third-order valence-electron chi connectivity index (χ3n) is 4.47. The van der Waals surface area contributed by atoms with Gasteiger partial charge >= 0.3 is 0 Å². The summed E-state index contributed by atoms with van der Waals surface area (Å²) in [6, 6.07) is 27.9. The minimum atomic E-state index is -0.581. The Morgan fingerprint density at radius 3 is 1.93 bits per heavy atom. The van der Waals surface area contributed by atoms with Crippen LogP contribution in [0.5, 0.6) is 11.5 Å². The quantitative estimate of drug-likeness (QED) is 0.577. The first-order chi connectivity index (χ1) is 13.7. The van der Waals surface area contributed by atoms with Crippen molar-refractivity contribution in [3.05, 3.63) is 96.1 Å². The van der Waals surface area contributed by atoms with Gasteiger partial charge in [0.25, 0.3) is 0 Å². The van der Waals surface area contributed by atoms with Crippen LogP contribution in [0.25, 0.3) is 0 Å². The minimum absolute atomic E-state index is 0.262. The molecule has 0 heterocycles. The summed E-state index contributed by atoms with van der Waals surface area (Å²) in [7, 11) is 1.67. The number of benzene rings is 3. The molecule has 3 rings (SSSR count). The number of aliphatic hydroxyl groups excluding tert-OH is 1. The van der Waals surface area contributed by atoms with Gasteiger partial charge in [0.15, 0.2) is 0 Å². The summed E-state index contributed by atoms with van der Waals surface area (Å²) in [6.07, 6.45) is -0.581. The molecule has 146 valence electrons. The molecule has 0 aliphatic heterocycles. The maximum atomic E-state index is 10.5. The molecule has 1 N–H and O–H groups in total. The second-order valence-corrected chi connectivity index (χ2v) is 6.78. The van der Waals surface area contributed by atoms with Crippen molar-refractivity contribution in [2.45, 2.75) is 19.2 Å². The predicted molar refractivity (Wildman–Crippen MR) is 111 cm³/mol. The third-order valence-corrected chi connectivity index (χ3v) is 4.47. The van der Waals surface area contributed by atoms with Crippen molar-refractivity contribution in [1.82, 2.24) is 4.90 Å². The Labute approximate surface area is 167 Å². The van der Waals surface area contributed by atoms with E-state index in [2.05, 4.69) is 29.2 Å². The lowest BCUT2D eigenvalue weighted by Gasteiger charge is -2.25. The molecule has 0 aliphatic carbocycles. The van der Waals surface area contributed by atoms with Crippen LogP contribution >= 0.6 is 0 Å². The molecule has 0 bridgehead atoms. The normalized spacial score (nSPS) is 12.0. The Balaban J connectivity index is 1.62. The van der Waals surface area contributed by atoms with Crippen molar-refractivity contribution in [3.63, 3.8) is 0 Å². The topological polar surface area (TPSA) is 41.9 Å². The summed E-state index contributed by atoms with van der Waals surface area (Å²) in [4.78, 5) is 2.23. The molecule has 3 aromatic carbocycles. The van der Waals surface area contributed by atoms with E-state index in [1.807, 2.05) is 60.7 Å². The van der Waals surface area contributed by atoms with Crippen LogP contribution in [0.3, 0.4) is 0 Å². The van der Waals surface area contributed by atoms with E-state index < -0.39 is 6.10 Å². The predicted octanol–water partition coefficient (Wildman–Crippen LogP) is 4.14. The fourth-order valence-electron chi connectivity index (χ4n) is 3.08. The van der Waals surface area contributed by atoms with Crippen molar-refractivity contribution < 1.29 is 14.6 Å². The maximum absolute atomic E-state index is 10.5. The first-order valence-corrected chi connectivity index (χ1v) is 9.48. The Kier molecular flexibility index (Phi) is 7.47. The van der Waals surface area contributed by atoms with E-state index in [0.717, 1.165) is 24.6 Å². The highest BCUT2D eigenvalue weighted by Crippen LogP contribution is 2.16. The SMILES string of the molecule is COc1ccc(CN(Cc2ccccc2)C[C@@H](O)COc2ccccc2)cc1. The Morgan fingerprint density at radius 2 is 1.32 bits per heavy atom.